The Bertz CT molecular complexity index is 1040. The van der Waals surface area contributed by atoms with Gasteiger partial charge < -0.3 is 9.67 Å². The Morgan fingerprint density at radius 2 is 2.07 bits per heavy atom. The van der Waals surface area contributed by atoms with Gasteiger partial charge in [0.1, 0.15) is 0 Å². The molecule has 0 unspecified atom stereocenters. The van der Waals surface area contributed by atoms with Crippen LogP contribution in [-0.2, 0) is 30.5 Å². The standard InChI is InChI=1S/C21H20F3N3O2/c22-21(23,24)15-3-4-18-16(10-15)17-13-26(9-6-20(28)29)8-5-19(17)27(18)12-14-2-1-7-25-11-14/h1-4,7,10-11H,5-6,8-9,12-13H2,(H,28,29). The highest BCUT2D eigenvalue weighted by atomic mass is 19.4. The Morgan fingerprint density at radius 3 is 2.76 bits per heavy atom. The van der Waals surface area contributed by atoms with Gasteiger partial charge in [-0.05, 0) is 35.4 Å². The summed E-state index contributed by atoms with van der Waals surface area (Å²) in [4.78, 5) is 17.0. The van der Waals surface area contributed by atoms with Crippen molar-refractivity contribution in [3.63, 3.8) is 0 Å². The zero-order chi connectivity index (χ0) is 20.6. The SMILES string of the molecule is O=C(O)CCN1CCc2c(c3cc(C(F)(F)F)ccc3n2Cc2cccnc2)C1. The van der Waals surface area contributed by atoms with Crippen molar-refractivity contribution in [3.8, 4) is 0 Å². The van der Waals surface area contributed by atoms with Crippen molar-refractivity contribution in [1.82, 2.24) is 14.5 Å². The molecule has 152 valence electrons. The van der Waals surface area contributed by atoms with E-state index < -0.39 is 17.7 Å². The minimum Gasteiger partial charge on any atom is -0.481 e. The topological polar surface area (TPSA) is 58.4 Å². The second-order valence-corrected chi connectivity index (χ2v) is 7.27. The molecule has 1 aliphatic heterocycles. The van der Waals surface area contributed by atoms with Gasteiger partial charge in [-0.15, -0.1) is 0 Å². The summed E-state index contributed by atoms with van der Waals surface area (Å²) in [6, 6.07) is 7.65. The average molecular weight is 403 g/mol. The third-order valence-electron chi connectivity index (χ3n) is 5.37. The van der Waals surface area contributed by atoms with Crippen molar-refractivity contribution in [1.29, 1.82) is 0 Å². The number of pyridine rings is 1. The second kappa shape index (κ2) is 7.51. The van der Waals surface area contributed by atoms with E-state index >= 15 is 0 Å². The largest absolute Gasteiger partial charge is 0.481 e. The van der Waals surface area contributed by atoms with Crippen molar-refractivity contribution >= 4 is 16.9 Å². The molecule has 0 saturated carbocycles. The monoisotopic (exact) mass is 403 g/mol. The van der Waals surface area contributed by atoms with E-state index in [-0.39, 0.29) is 6.42 Å². The van der Waals surface area contributed by atoms with Crippen LogP contribution in [0.2, 0.25) is 0 Å². The molecule has 29 heavy (non-hydrogen) atoms. The molecule has 0 aliphatic carbocycles. The Morgan fingerprint density at radius 1 is 1.24 bits per heavy atom. The van der Waals surface area contributed by atoms with Crippen molar-refractivity contribution in [2.75, 3.05) is 13.1 Å². The number of carboxylic acid groups (broad SMARTS) is 1. The number of fused-ring (bicyclic) bond motifs is 3. The third kappa shape index (κ3) is 3.98. The first-order valence-corrected chi connectivity index (χ1v) is 9.37. The quantitative estimate of drug-likeness (QED) is 0.701. The van der Waals surface area contributed by atoms with Gasteiger partial charge in [0, 0.05) is 61.6 Å². The normalized spacial score (nSPS) is 14.9. The van der Waals surface area contributed by atoms with Crippen LogP contribution in [-0.4, -0.2) is 38.6 Å². The van der Waals surface area contributed by atoms with E-state index in [1.807, 2.05) is 17.0 Å². The molecule has 4 rings (SSSR count). The lowest BCUT2D eigenvalue weighted by Gasteiger charge is -2.27. The van der Waals surface area contributed by atoms with Crippen LogP contribution in [0.15, 0.2) is 42.7 Å². The summed E-state index contributed by atoms with van der Waals surface area (Å²) in [6.45, 7) is 2.03. The van der Waals surface area contributed by atoms with Gasteiger partial charge in [-0.25, -0.2) is 0 Å². The fraction of sp³-hybridized carbons (Fsp3) is 0.333. The molecule has 2 aromatic heterocycles. The Labute approximate surface area is 165 Å². The maximum atomic E-state index is 13.3. The summed E-state index contributed by atoms with van der Waals surface area (Å²) in [6.07, 6.45) is -0.306. The minimum atomic E-state index is -4.41. The van der Waals surface area contributed by atoms with E-state index in [1.165, 1.54) is 12.1 Å². The molecule has 0 radical (unpaired) electrons. The number of halogens is 3. The lowest BCUT2D eigenvalue weighted by Crippen LogP contribution is -2.32. The third-order valence-corrected chi connectivity index (χ3v) is 5.37. The Hall–Kier alpha value is -2.87. The Kier molecular flexibility index (Phi) is 5.04. The molecule has 8 heteroatoms. The molecule has 0 fully saturated rings. The maximum absolute atomic E-state index is 13.3. The molecule has 3 heterocycles. The van der Waals surface area contributed by atoms with Gasteiger partial charge >= 0.3 is 12.1 Å². The highest BCUT2D eigenvalue weighted by Crippen LogP contribution is 2.36. The molecule has 3 aromatic rings. The van der Waals surface area contributed by atoms with Gasteiger partial charge in [0.15, 0.2) is 0 Å². The number of rotatable bonds is 5. The van der Waals surface area contributed by atoms with Gasteiger partial charge in [0.25, 0.3) is 0 Å². The predicted octanol–water partition coefficient (Wildman–Crippen LogP) is 3.94. The summed E-state index contributed by atoms with van der Waals surface area (Å²) in [5, 5.41) is 9.53. The van der Waals surface area contributed by atoms with Gasteiger partial charge in [-0.3, -0.25) is 14.7 Å². The van der Waals surface area contributed by atoms with Crippen molar-refractivity contribution in [3.05, 3.63) is 65.1 Å². The number of nitrogens with zero attached hydrogens (tertiary/aromatic N) is 3. The summed E-state index contributed by atoms with van der Waals surface area (Å²) >= 11 is 0. The van der Waals surface area contributed by atoms with Gasteiger partial charge in [0.05, 0.1) is 12.0 Å². The smallest absolute Gasteiger partial charge is 0.416 e. The summed E-state index contributed by atoms with van der Waals surface area (Å²) in [5.41, 5.74) is 2.92. The van der Waals surface area contributed by atoms with E-state index in [9.17, 15) is 18.0 Å². The first-order valence-electron chi connectivity index (χ1n) is 9.37. The molecular weight excluding hydrogens is 383 g/mol. The van der Waals surface area contributed by atoms with Crippen LogP contribution in [0.3, 0.4) is 0 Å². The predicted molar refractivity (Wildman–Crippen MR) is 102 cm³/mol. The number of alkyl halides is 3. The van der Waals surface area contributed by atoms with E-state index in [0.717, 1.165) is 28.4 Å². The lowest BCUT2D eigenvalue weighted by atomic mass is 10.0. The number of aromatic nitrogens is 2. The number of carboxylic acids is 1. The molecule has 0 amide bonds. The van der Waals surface area contributed by atoms with E-state index in [0.29, 0.717) is 38.0 Å². The van der Waals surface area contributed by atoms with Crippen LogP contribution in [0.5, 0.6) is 0 Å². The highest BCUT2D eigenvalue weighted by Gasteiger charge is 2.32. The molecule has 1 N–H and O–H groups in total. The van der Waals surface area contributed by atoms with Crippen molar-refractivity contribution < 1.29 is 23.1 Å². The molecule has 1 aliphatic rings. The number of carbonyl (C=O) groups is 1. The average Bonchev–Trinajstić information content (AvgIpc) is 2.99. The van der Waals surface area contributed by atoms with Gasteiger partial charge in [-0.1, -0.05) is 6.07 Å². The molecule has 1 aromatic carbocycles. The summed E-state index contributed by atoms with van der Waals surface area (Å²) in [7, 11) is 0. The first kappa shape index (κ1) is 19.4. The number of benzene rings is 1. The fourth-order valence-electron chi connectivity index (χ4n) is 3.98. The number of aliphatic carboxylic acids is 1. The summed E-state index contributed by atoms with van der Waals surface area (Å²) in [5.74, 6) is -0.880. The molecule has 0 bridgehead atoms. The zero-order valence-corrected chi connectivity index (χ0v) is 15.6. The first-order chi connectivity index (χ1) is 13.8. The van der Waals surface area contributed by atoms with Crippen LogP contribution in [0.25, 0.3) is 10.9 Å². The van der Waals surface area contributed by atoms with E-state index in [2.05, 4.69) is 9.55 Å². The highest BCUT2D eigenvalue weighted by molar-refractivity contribution is 5.87. The molecule has 0 spiro atoms. The fourth-order valence-corrected chi connectivity index (χ4v) is 3.98. The Balaban J connectivity index is 1.78. The molecule has 0 saturated heterocycles. The van der Waals surface area contributed by atoms with Gasteiger partial charge in [0.2, 0.25) is 0 Å². The lowest BCUT2D eigenvalue weighted by molar-refractivity contribution is -0.138. The van der Waals surface area contributed by atoms with Crippen LogP contribution in [0.1, 0.15) is 28.8 Å². The number of hydrogen-bond donors (Lipinski definition) is 1. The van der Waals surface area contributed by atoms with Crippen LogP contribution >= 0.6 is 0 Å². The molecule has 5 nitrogen and oxygen atoms in total. The van der Waals surface area contributed by atoms with Crippen LogP contribution in [0.4, 0.5) is 13.2 Å². The van der Waals surface area contributed by atoms with E-state index in [1.54, 1.807) is 12.4 Å². The summed E-state index contributed by atoms with van der Waals surface area (Å²) < 4.78 is 42.0. The zero-order valence-electron chi connectivity index (χ0n) is 15.6. The van der Waals surface area contributed by atoms with Crippen LogP contribution in [0, 0.1) is 0 Å². The minimum absolute atomic E-state index is 0.0114. The van der Waals surface area contributed by atoms with Crippen molar-refractivity contribution in [2.24, 2.45) is 0 Å². The molecular formula is C21H20F3N3O2. The number of hydrogen-bond acceptors (Lipinski definition) is 3. The maximum Gasteiger partial charge on any atom is 0.416 e. The van der Waals surface area contributed by atoms with Crippen molar-refractivity contribution in [2.45, 2.75) is 32.1 Å². The molecule has 0 atom stereocenters. The van der Waals surface area contributed by atoms with Crippen LogP contribution < -0.4 is 0 Å². The van der Waals surface area contributed by atoms with Gasteiger partial charge in [-0.2, -0.15) is 13.2 Å². The second-order valence-electron chi connectivity index (χ2n) is 7.27. The van der Waals surface area contributed by atoms with E-state index in [4.69, 9.17) is 5.11 Å².